The third kappa shape index (κ3) is 4.89. The Balaban J connectivity index is 1.89. The summed E-state index contributed by atoms with van der Waals surface area (Å²) in [4.78, 5) is 27.5. The molecule has 0 saturated carbocycles. The van der Waals surface area contributed by atoms with Gasteiger partial charge < -0.3 is 20.1 Å². The summed E-state index contributed by atoms with van der Waals surface area (Å²) in [6, 6.07) is 0.411. The zero-order valence-electron chi connectivity index (χ0n) is 14.2. The summed E-state index contributed by atoms with van der Waals surface area (Å²) in [5.41, 5.74) is 0. The number of carbonyl (C=O) groups excluding carboxylic acids is 2. The minimum Gasteiger partial charge on any atom is -0.396 e. The molecule has 0 bridgehead atoms. The van der Waals surface area contributed by atoms with Crippen LogP contribution in [0.15, 0.2) is 0 Å². The number of aliphatic hydroxyl groups excluding tert-OH is 1. The molecule has 7 nitrogen and oxygen atoms in total. The lowest BCUT2D eigenvalue weighted by Crippen LogP contribution is -2.57. The first-order valence-electron chi connectivity index (χ1n) is 8.43. The van der Waals surface area contributed by atoms with Crippen LogP contribution in [0, 0.1) is 5.92 Å². The minimum atomic E-state index is -0.135. The van der Waals surface area contributed by atoms with Gasteiger partial charge in [-0.1, -0.05) is 0 Å². The van der Waals surface area contributed by atoms with Gasteiger partial charge in [-0.25, -0.2) is 0 Å². The Hall–Kier alpha value is -1.18. The first-order chi connectivity index (χ1) is 11.0. The number of amides is 2. The molecule has 2 rings (SSSR count). The predicted molar refractivity (Wildman–Crippen MR) is 85.8 cm³/mol. The number of hydrogen-bond acceptors (Lipinski definition) is 5. The van der Waals surface area contributed by atoms with Crippen molar-refractivity contribution in [1.29, 1.82) is 0 Å². The molecule has 2 amide bonds. The van der Waals surface area contributed by atoms with E-state index < -0.39 is 0 Å². The predicted octanol–water partition coefficient (Wildman–Crippen LogP) is -0.557. The number of carbonyl (C=O) groups is 2. The monoisotopic (exact) mass is 327 g/mol. The number of likely N-dealkylation sites (tertiary alicyclic amines) is 2. The largest absolute Gasteiger partial charge is 0.396 e. The van der Waals surface area contributed by atoms with E-state index in [0.29, 0.717) is 6.04 Å². The van der Waals surface area contributed by atoms with Crippen LogP contribution in [0.2, 0.25) is 0 Å². The van der Waals surface area contributed by atoms with E-state index in [1.165, 1.54) is 7.11 Å². The van der Waals surface area contributed by atoms with Crippen molar-refractivity contribution in [3.8, 4) is 0 Å². The quantitative estimate of drug-likeness (QED) is 0.708. The van der Waals surface area contributed by atoms with E-state index in [4.69, 9.17) is 4.74 Å². The molecule has 2 fully saturated rings. The Morgan fingerprint density at radius 1 is 1.22 bits per heavy atom. The molecule has 2 aliphatic heterocycles. The highest BCUT2D eigenvalue weighted by atomic mass is 16.5. The van der Waals surface area contributed by atoms with Crippen molar-refractivity contribution in [2.45, 2.75) is 38.3 Å². The van der Waals surface area contributed by atoms with Gasteiger partial charge in [0.1, 0.15) is 6.61 Å². The van der Waals surface area contributed by atoms with E-state index >= 15 is 0 Å². The lowest BCUT2D eigenvalue weighted by atomic mass is 9.89. The average molecular weight is 327 g/mol. The van der Waals surface area contributed by atoms with E-state index in [9.17, 15) is 14.7 Å². The fraction of sp³-hybridized carbons (Fsp3) is 0.875. The first kappa shape index (κ1) is 18.2. The highest BCUT2D eigenvalue weighted by molar-refractivity contribution is 5.77. The van der Waals surface area contributed by atoms with Crippen LogP contribution < -0.4 is 5.32 Å². The number of aliphatic hydroxyl groups is 1. The van der Waals surface area contributed by atoms with Crippen LogP contribution >= 0.6 is 0 Å². The number of ether oxygens (including phenoxy) is 1. The summed E-state index contributed by atoms with van der Waals surface area (Å²) >= 11 is 0. The summed E-state index contributed by atoms with van der Waals surface area (Å²) < 4.78 is 4.87. The molecule has 2 heterocycles. The van der Waals surface area contributed by atoms with Gasteiger partial charge in [0.2, 0.25) is 11.8 Å². The topological polar surface area (TPSA) is 82.1 Å². The van der Waals surface area contributed by atoms with Crippen molar-refractivity contribution in [3.05, 3.63) is 0 Å². The van der Waals surface area contributed by atoms with Crippen molar-refractivity contribution in [2.75, 3.05) is 46.5 Å². The van der Waals surface area contributed by atoms with Gasteiger partial charge in [-0.2, -0.15) is 0 Å². The Bertz CT molecular complexity index is 410. The molecule has 2 N–H and O–H groups in total. The molecule has 0 radical (unpaired) electrons. The molecule has 0 aromatic heterocycles. The van der Waals surface area contributed by atoms with Crippen molar-refractivity contribution in [2.24, 2.45) is 5.92 Å². The molecule has 2 saturated heterocycles. The molecule has 7 heteroatoms. The van der Waals surface area contributed by atoms with E-state index in [-0.39, 0.29) is 37.0 Å². The van der Waals surface area contributed by atoms with Crippen LogP contribution in [0.25, 0.3) is 0 Å². The van der Waals surface area contributed by atoms with Crippen LogP contribution in [0.1, 0.15) is 26.2 Å². The van der Waals surface area contributed by atoms with E-state index in [0.717, 1.165) is 45.4 Å². The van der Waals surface area contributed by atoms with Crippen LogP contribution in [0.3, 0.4) is 0 Å². The lowest BCUT2D eigenvalue weighted by molar-refractivity contribution is -0.131. The van der Waals surface area contributed by atoms with Crippen molar-refractivity contribution >= 4 is 11.8 Å². The van der Waals surface area contributed by atoms with Crippen molar-refractivity contribution in [1.82, 2.24) is 15.1 Å². The molecule has 2 aliphatic rings. The third-order valence-electron chi connectivity index (χ3n) is 5.07. The molecule has 23 heavy (non-hydrogen) atoms. The first-order valence-corrected chi connectivity index (χ1v) is 8.43. The molecule has 0 aliphatic carbocycles. The third-order valence-corrected chi connectivity index (χ3v) is 5.07. The maximum Gasteiger partial charge on any atom is 0.246 e. The van der Waals surface area contributed by atoms with Gasteiger partial charge in [0.25, 0.3) is 0 Å². The maximum absolute atomic E-state index is 11.8. The van der Waals surface area contributed by atoms with Gasteiger partial charge >= 0.3 is 0 Å². The Morgan fingerprint density at radius 2 is 1.91 bits per heavy atom. The van der Waals surface area contributed by atoms with E-state index in [1.54, 1.807) is 6.92 Å². The number of piperidine rings is 2. The molecule has 0 unspecified atom stereocenters. The molecule has 0 aromatic carbocycles. The zero-order chi connectivity index (χ0) is 16.8. The number of hydrogen-bond donors (Lipinski definition) is 2. The molecule has 0 aromatic rings. The lowest BCUT2D eigenvalue weighted by Gasteiger charge is -2.44. The second-order valence-corrected chi connectivity index (χ2v) is 6.57. The zero-order valence-corrected chi connectivity index (χ0v) is 14.2. The summed E-state index contributed by atoms with van der Waals surface area (Å²) in [6.45, 7) is 5.06. The number of nitrogens with zero attached hydrogens (tertiary/aromatic N) is 2. The fourth-order valence-electron chi connectivity index (χ4n) is 3.66. The van der Waals surface area contributed by atoms with Gasteiger partial charge in [-0.15, -0.1) is 0 Å². The maximum atomic E-state index is 11.8. The normalized spacial score (nSPS) is 27.0. The van der Waals surface area contributed by atoms with Gasteiger partial charge in [0.15, 0.2) is 0 Å². The number of nitrogens with one attached hydrogen (secondary N) is 1. The van der Waals surface area contributed by atoms with Gasteiger partial charge in [-0.3, -0.25) is 14.5 Å². The van der Waals surface area contributed by atoms with Crippen LogP contribution in [-0.2, 0) is 14.3 Å². The van der Waals surface area contributed by atoms with Gasteiger partial charge in [0, 0.05) is 58.3 Å². The molecule has 0 spiro atoms. The second kappa shape index (κ2) is 8.61. The summed E-state index contributed by atoms with van der Waals surface area (Å²) in [5.74, 6) is 0.112. The SMILES string of the molecule is COCC(=O)N[C@@H]1CN(C2CCN(C(C)=O)CC2)CC[C@@H]1CO. The highest BCUT2D eigenvalue weighted by Gasteiger charge is 2.34. The smallest absolute Gasteiger partial charge is 0.246 e. The fourth-order valence-corrected chi connectivity index (χ4v) is 3.66. The second-order valence-electron chi connectivity index (χ2n) is 6.57. The standard InChI is InChI=1S/C16H29N3O4/c1-12(21)18-7-4-14(5-8-18)19-6-3-13(10-20)15(9-19)17-16(22)11-23-2/h13-15,20H,3-11H2,1-2H3,(H,17,22)/t13-,15-/m1/s1. The van der Waals surface area contributed by atoms with Crippen LogP contribution in [-0.4, -0.2) is 85.3 Å². The van der Waals surface area contributed by atoms with Gasteiger partial charge in [0.05, 0.1) is 0 Å². The summed E-state index contributed by atoms with van der Waals surface area (Å²) in [5, 5.41) is 12.5. The van der Waals surface area contributed by atoms with E-state index in [2.05, 4.69) is 10.2 Å². The number of rotatable bonds is 5. The van der Waals surface area contributed by atoms with Crippen molar-refractivity contribution < 1.29 is 19.4 Å². The van der Waals surface area contributed by atoms with Crippen molar-refractivity contribution in [3.63, 3.8) is 0 Å². The molecular formula is C16H29N3O4. The Kier molecular flexibility index (Phi) is 6.80. The molecular weight excluding hydrogens is 298 g/mol. The van der Waals surface area contributed by atoms with E-state index in [1.807, 2.05) is 4.90 Å². The summed E-state index contributed by atoms with van der Waals surface area (Å²) in [6.07, 6.45) is 2.82. The Morgan fingerprint density at radius 3 is 2.48 bits per heavy atom. The summed E-state index contributed by atoms with van der Waals surface area (Å²) in [7, 11) is 1.50. The molecule has 2 atom stereocenters. The highest BCUT2D eigenvalue weighted by Crippen LogP contribution is 2.24. The minimum absolute atomic E-state index is 0.0396. The molecule has 132 valence electrons. The van der Waals surface area contributed by atoms with Gasteiger partial charge in [-0.05, 0) is 25.8 Å². The average Bonchev–Trinajstić information content (AvgIpc) is 2.55. The van der Waals surface area contributed by atoms with Crippen LogP contribution in [0.4, 0.5) is 0 Å². The van der Waals surface area contributed by atoms with Crippen LogP contribution in [0.5, 0.6) is 0 Å². The Labute approximate surface area is 138 Å². The number of methoxy groups -OCH3 is 1.